The van der Waals surface area contributed by atoms with Crippen LogP contribution in [0.3, 0.4) is 0 Å². The number of nitrogens with one attached hydrogen (secondary N) is 2. The zero-order valence-electron chi connectivity index (χ0n) is 38.6. The summed E-state index contributed by atoms with van der Waals surface area (Å²) in [7, 11) is -7.94. The summed E-state index contributed by atoms with van der Waals surface area (Å²) >= 11 is 0. The molecule has 1 aliphatic carbocycles. The van der Waals surface area contributed by atoms with Crippen LogP contribution < -0.4 is 15.0 Å². The van der Waals surface area contributed by atoms with Crippen molar-refractivity contribution in [2.45, 2.75) is 57.2 Å². The van der Waals surface area contributed by atoms with Gasteiger partial charge in [0.2, 0.25) is 10.0 Å². The Balaban J connectivity index is 0.996. The molecule has 2 aliphatic heterocycles. The summed E-state index contributed by atoms with van der Waals surface area (Å²) in [6, 6.07) is 15.7. The zero-order valence-corrected chi connectivity index (χ0v) is 40.3. The van der Waals surface area contributed by atoms with Gasteiger partial charge >= 0.3 is 6.18 Å². The molecule has 21 heteroatoms. The molecule has 2 fully saturated rings. The minimum absolute atomic E-state index is 0.00156. The van der Waals surface area contributed by atoms with Crippen molar-refractivity contribution in [3.8, 4) is 11.5 Å². The lowest BCUT2D eigenvalue weighted by molar-refractivity contribution is -0.384. The number of nitro groups is 1. The first-order valence-corrected chi connectivity index (χ1v) is 26.0. The van der Waals surface area contributed by atoms with Gasteiger partial charge in [-0.25, -0.2) is 21.8 Å². The highest BCUT2D eigenvalue weighted by Crippen LogP contribution is 2.45. The van der Waals surface area contributed by atoms with Crippen LogP contribution in [-0.4, -0.2) is 124 Å². The number of pyridine rings is 1. The van der Waals surface area contributed by atoms with E-state index in [1.54, 1.807) is 43.5 Å². The van der Waals surface area contributed by atoms with Crippen molar-refractivity contribution in [3.63, 3.8) is 0 Å². The molecule has 0 spiro atoms. The molecule has 0 saturated carbocycles. The van der Waals surface area contributed by atoms with Crippen LogP contribution >= 0.6 is 0 Å². The number of hydrogen-bond donors (Lipinski definition) is 2. The topological polar surface area (TPSA) is 197 Å². The van der Waals surface area contributed by atoms with Crippen molar-refractivity contribution in [3.05, 3.63) is 117 Å². The number of H-pyrrole nitrogens is 1. The fraction of sp³-hybridized carbons (Fsp3) is 0.417. The first-order chi connectivity index (χ1) is 32.5. The third-order valence-corrected chi connectivity index (χ3v) is 15.9. The third-order valence-electron chi connectivity index (χ3n) is 13.0. The number of piperazine rings is 1. The number of morpholine rings is 1. The van der Waals surface area contributed by atoms with Crippen molar-refractivity contribution in [2.24, 2.45) is 5.41 Å². The van der Waals surface area contributed by atoms with E-state index in [0.717, 1.165) is 53.8 Å². The van der Waals surface area contributed by atoms with Crippen molar-refractivity contribution in [2.75, 3.05) is 81.2 Å². The fourth-order valence-corrected chi connectivity index (χ4v) is 11.3. The maximum Gasteiger partial charge on any atom is 0.416 e. The Hall–Kier alpha value is -5.87. The van der Waals surface area contributed by atoms with Gasteiger partial charge in [-0.15, -0.1) is 0 Å². The zero-order chi connectivity index (χ0) is 49.5. The summed E-state index contributed by atoms with van der Waals surface area (Å²) in [5.41, 5.74) is 3.85. The minimum Gasteiger partial charge on any atom is -0.455 e. The number of fused-ring (bicyclic) bond motifs is 1. The number of sulfonamides is 1. The molecule has 2 aromatic heterocycles. The second-order valence-corrected chi connectivity index (χ2v) is 22.7. The van der Waals surface area contributed by atoms with Crippen LogP contribution in [0.5, 0.6) is 11.5 Å². The van der Waals surface area contributed by atoms with Crippen LogP contribution in [0.15, 0.2) is 89.6 Å². The lowest BCUT2D eigenvalue weighted by Gasteiger charge is -2.39. The normalized spacial score (nSPS) is 18.7. The predicted molar refractivity (Wildman–Crippen MR) is 256 cm³/mol. The summed E-state index contributed by atoms with van der Waals surface area (Å²) < 4.78 is 106. The molecule has 0 amide bonds. The molecule has 1 atom stereocenters. The van der Waals surface area contributed by atoms with E-state index in [4.69, 9.17) is 9.47 Å². The number of aromatic nitrogens is 2. The Bertz CT molecular complexity index is 3040. The molecular weight excluding hydrogens is 940 g/mol. The maximum absolute atomic E-state index is 14.1. The summed E-state index contributed by atoms with van der Waals surface area (Å²) in [4.78, 5) is 37.0. The minimum atomic E-state index is -4.45. The molecule has 16 nitrogen and oxygen atoms in total. The van der Waals surface area contributed by atoms with Crippen molar-refractivity contribution >= 4 is 59.3 Å². The number of aryl methyl sites for hydroxylation is 1. The standard InChI is InChI=1S/C48H54F3N7O9S2/c1-31-21-34(48(49,50)51)5-8-39(31)41-25-47(2,3)13-11-33(41)28-55-15-17-56(18-16-55)35-6-9-40(45(23-35)67-36-22-32-12-14-52-46(32)54-26-36)44(59)30-69(64,65)38-7-10-42(43(24-38)58(60)61)53-27-37-29-57(19-20-66-37)68(4,62)63/h5-10,12,14,21-24,26,37,53H,11,13,15-20,25,27-30H2,1-4H3,(H,52,54). The smallest absolute Gasteiger partial charge is 0.416 e. The van der Waals surface area contributed by atoms with E-state index in [1.807, 2.05) is 0 Å². The molecule has 8 rings (SSSR count). The van der Waals surface area contributed by atoms with E-state index < -0.39 is 64.7 Å². The largest absolute Gasteiger partial charge is 0.455 e. The quantitative estimate of drug-likeness (QED) is 0.0580. The fourth-order valence-electron chi connectivity index (χ4n) is 9.21. The van der Waals surface area contributed by atoms with Gasteiger partial charge in [-0.1, -0.05) is 25.5 Å². The number of benzene rings is 3. The molecule has 0 bridgehead atoms. The molecule has 2 N–H and O–H groups in total. The van der Waals surface area contributed by atoms with E-state index in [0.29, 0.717) is 49.7 Å². The van der Waals surface area contributed by atoms with Crippen LogP contribution in [-0.2, 0) is 30.8 Å². The highest BCUT2D eigenvalue weighted by atomic mass is 32.2. The van der Waals surface area contributed by atoms with Crippen molar-refractivity contribution in [1.82, 2.24) is 19.2 Å². The number of anilines is 2. The van der Waals surface area contributed by atoms with Crippen LogP contribution in [0.25, 0.3) is 16.6 Å². The van der Waals surface area contributed by atoms with Gasteiger partial charge in [0.15, 0.2) is 15.6 Å². The van der Waals surface area contributed by atoms with Crippen LogP contribution in [0.1, 0.15) is 60.2 Å². The number of ketones is 1. The highest BCUT2D eigenvalue weighted by Gasteiger charge is 2.34. The number of carbonyl (C=O) groups is 1. The average molecular weight is 994 g/mol. The second kappa shape index (κ2) is 19.5. The van der Waals surface area contributed by atoms with E-state index >= 15 is 0 Å². The Morgan fingerprint density at radius 1 is 1.01 bits per heavy atom. The molecule has 3 aliphatic rings. The third kappa shape index (κ3) is 11.6. The Morgan fingerprint density at radius 3 is 2.49 bits per heavy atom. The van der Waals surface area contributed by atoms with Gasteiger partial charge in [0, 0.05) is 81.8 Å². The number of halogens is 3. The Kier molecular flexibility index (Phi) is 14.0. The van der Waals surface area contributed by atoms with Gasteiger partial charge in [-0.2, -0.15) is 17.5 Å². The SMILES string of the molecule is Cc1cc(C(F)(F)F)ccc1C1=C(CN2CCN(c3ccc(C(=O)CS(=O)(=O)c4ccc(NCC5CN(S(C)(=O)=O)CCO5)c([N+](=O)[O-])c4)c(Oc4cnc5[nH]ccc5c4)c3)CC2)CCC(C)(C)C1. The van der Waals surface area contributed by atoms with Gasteiger partial charge in [-0.05, 0) is 96.8 Å². The molecular formula is C48H54F3N7O9S2. The van der Waals surface area contributed by atoms with Gasteiger partial charge in [0.05, 0.1) is 46.1 Å². The van der Waals surface area contributed by atoms with E-state index in [1.165, 1.54) is 46.4 Å². The molecule has 69 heavy (non-hydrogen) atoms. The molecule has 368 valence electrons. The number of carbonyl (C=O) groups excluding carboxylic acids is 1. The molecule has 2 saturated heterocycles. The number of nitrogens with zero attached hydrogens (tertiary/aromatic N) is 5. The monoisotopic (exact) mass is 993 g/mol. The first-order valence-electron chi connectivity index (χ1n) is 22.5. The molecule has 1 unspecified atom stereocenters. The number of sulfone groups is 1. The lowest BCUT2D eigenvalue weighted by Crippen LogP contribution is -2.47. The number of aromatic amines is 1. The van der Waals surface area contributed by atoms with E-state index in [9.17, 15) is 44.9 Å². The van der Waals surface area contributed by atoms with Gasteiger partial charge in [0.1, 0.15) is 28.6 Å². The average Bonchev–Trinajstić information content (AvgIpc) is 3.76. The number of alkyl halides is 3. The van der Waals surface area contributed by atoms with Crippen molar-refractivity contribution in [1.29, 1.82) is 0 Å². The van der Waals surface area contributed by atoms with Gasteiger partial charge in [0.25, 0.3) is 5.69 Å². The number of ether oxygens (including phenoxy) is 2. The van der Waals surface area contributed by atoms with E-state index in [2.05, 4.69) is 38.9 Å². The second-order valence-electron chi connectivity index (χ2n) is 18.7. The first kappa shape index (κ1) is 49.5. The molecule has 3 aromatic carbocycles. The summed E-state index contributed by atoms with van der Waals surface area (Å²) in [5, 5.41) is 15.8. The van der Waals surface area contributed by atoms with Gasteiger partial charge in [-0.3, -0.25) is 19.8 Å². The summed E-state index contributed by atoms with van der Waals surface area (Å²) in [6.45, 7) is 9.69. The van der Waals surface area contributed by atoms with Crippen LogP contribution in [0, 0.1) is 22.5 Å². The lowest BCUT2D eigenvalue weighted by atomic mass is 9.72. The van der Waals surface area contributed by atoms with Gasteiger partial charge < -0.3 is 24.7 Å². The number of hydrogen-bond acceptors (Lipinski definition) is 13. The number of Topliss-reactive ketones (excluding diaryl/α,β-unsaturated/α-hetero) is 1. The summed E-state index contributed by atoms with van der Waals surface area (Å²) in [6.07, 6.45) is 1.79. The number of allylic oxidation sites excluding steroid dienone is 1. The number of nitro benzene ring substituents is 1. The Morgan fingerprint density at radius 2 is 1.78 bits per heavy atom. The van der Waals surface area contributed by atoms with Crippen LogP contribution in [0.2, 0.25) is 0 Å². The van der Waals surface area contributed by atoms with Crippen LogP contribution in [0.4, 0.5) is 30.2 Å². The molecule has 5 aromatic rings. The van der Waals surface area contributed by atoms with Crippen molar-refractivity contribution < 1.29 is 49.2 Å². The summed E-state index contributed by atoms with van der Waals surface area (Å²) in [5.74, 6) is -1.46. The Labute approximate surface area is 398 Å². The number of rotatable bonds is 15. The molecule has 0 radical (unpaired) electrons. The van der Waals surface area contributed by atoms with E-state index in [-0.39, 0.29) is 48.7 Å². The maximum atomic E-state index is 14.1. The molecule has 4 heterocycles. The highest BCUT2D eigenvalue weighted by molar-refractivity contribution is 7.92. The predicted octanol–water partition coefficient (Wildman–Crippen LogP) is 8.11.